The molecular formula is C16H30N2OS. The first kappa shape index (κ1) is 19.4. The van der Waals surface area contributed by atoms with E-state index in [1.807, 2.05) is 0 Å². The van der Waals surface area contributed by atoms with E-state index in [1.165, 1.54) is 19.3 Å². The van der Waals surface area contributed by atoms with Crippen LogP contribution in [0.2, 0.25) is 0 Å². The van der Waals surface area contributed by atoms with E-state index in [0.717, 1.165) is 37.9 Å². The van der Waals surface area contributed by atoms with Crippen LogP contribution in [0.15, 0.2) is 16.0 Å². The van der Waals surface area contributed by atoms with Crippen LogP contribution in [0.5, 0.6) is 0 Å². The molecule has 0 amide bonds. The van der Waals surface area contributed by atoms with Gasteiger partial charge in [0.1, 0.15) is 0 Å². The fourth-order valence-electron chi connectivity index (χ4n) is 1.92. The molecule has 0 aliphatic carbocycles. The van der Waals surface area contributed by atoms with E-state index in [-0.39, 0.29) is 0 Å². The van der Waals surface area contributed by atoms with E-state index in [1.54, 1.807) is 0 Å². The SMILES string of the molecule is CCC/C=C(CC)/C(=N/S)C(=N)COCCCCCC. The number of hydrogen-bond donors (Lipinski definition) is 2. The van der Waals surface area contributed by atoms with E-state index in [9.17, 15) is 0 Å². The molecular weight excluding hydrogens is 268 g/mol. The highest BCUT2D eigenvalue weighted by atomic mass is 32.1. The molecule has 0 aromatic rings. The predicted molar refractivity (Wildman–Crippen MR) is 92.4 cm³/mol. The van der Waals surface area contributed by atoms with E-state index >= 15 is 0 Å². The Hall–Kier alpha value is -0.610. The summed E-state index contributed by atoms with van der Waals surface area (Å²) in [5.74, 6) is 0. The van der Waals surface area contributed by atoms with E-state index < -0.39 is 0 Å². The van der Waals surface area contributed by atoms with Crippen molar-refractivity contribution in [3.63, 3.8) is 0 Å². The Morgan fingerprint density at radius 1 is 1.15 bits per heavy atom. The molecule has 0 spiro atoms. The highest BCUT2D eigenvalue weighted by Crippen LogP contribution is 2.10. The number of thiol groups is 1. The number of ether oxygens (including phenoxy) is 1. The maximum absolute atomic E-state index is 8.09. The van der Waals surface area contributed by atoms with Crippen molar-refractivity contribution in [3.05, 3.63) is 11.6 Å². The number of unbranched alkanes of at least 4 members (excludes halogenated alkanes) is 4. The second kappa shape index (κ2) is 13.4. The van der Waals surface area contributed by atoms with Crippen molar-refractivity contribution in [2.45, 2.75) is 65.7 Å². The van der Waals surface area contributed by atoms with Crippen LogP contribution in [0.3, 0.4) is 0 Å². The zero-order valence-electron chi connectivity index (χ0n) is 13.2. The van der Waals surface area contributed by atoms with Crippen LogP contribution in [0, 0.1) is 5.41 Å². The molecule has 0 unspecified atom stereocenters. The minimum absolute atomic E-state index is 0.328. The molecule has 0 aromatic carbocycles. The lowest BCUT2D eigenvalue weighted by Crippen LogP contribution is -2.21. The van der Waals surface area contributed by atoms with Gasteiger partial charge in [-0.1, -0.05) is 52.5 Å². The fraction of sp³-hybridized carbons (Fsp3) is 0.750. The molecule has 0 rings (SSSR count). The van der Waals surface area contributed by atoms with E-state index in [0.29, 0.717) is 18.0 Å². The monoisotopic (exact) mass is 298 g/mol. The molecule has 0 radical (unpaired) electrons. The molecule has 116 valence electrons. The van der Waals surface area contributed by atoms with Gasteiger partial charge in [-0.05, 0) is 37.7 Å². The topological polar surface area (TPSA) is 45.4 Å². The summed E-state index contributed by atoms with van der Waals surface area (Å²) in [6.45, 7) is 7.48. The van der Waals surface area contributed by atoms with Crippen molar-refractivity contribution in [2.24, 2.45) is 4.40 Å². The smallest absolute Gasteiger partial charge is 0.0970 e. The zero-order chi connectivity index (χ0) is 15.2. The molecule has 0 aliphatic heterocycles. The maximum Gasteiger partial charge on any atom is 0.0970 e. The summed E-state index contributed by atoms with van der Waals surface area (Å²) in [7, 11) is 0. The highest BCUT2D eigenvalue weighted by Gasteiger charge is 2.11. The quantitative estimate of drug-likeness (QED) is 0.296. The van der Waals surface area contributed by atoms with Crippen molar-refractivity contribution >= 4 is 24.2 Å². The second-order valence-electron chi connectivity index (χ2n) is 4.91. The van der Waals surface area contributed by atoms with Crippen LogP contribution in [0.1, 0.15) is 65.7 Å². The zero-order valence-corrected chi connectivity index (χ0v) is 14.1. The molecule has 0 aliphatic rings. The van der Waals surface area contributed by atoms with Crippen molar-refractivity contribution in [2.75, 3.05) is 13.2 Å². The summed E-state index contributed by atoms with van der Waals surface area (Å²) in [5.41, 5.74) is 2.21. The van der Waals surface area contributed by atoms with Gasteiger partial charge in [-0.3, -0.25) is 0 Å². The number of allylic oxidation sites excluding steroid dienone is 2. The summed E-state index contributed by atoms with van der Waals surface area (Å²) in [4.78, 5) is 0. The Kier molecular flexibility index (Phi) is 13.0. The minimum atomic E-state index is 0.328. The molecule has 0 heterocycles. The van der Waals surface area contributed by atoms with Gasteiger partial charge >= 0.3 is 0 Å². The van der Waals surface area contributed by atoms with Crippen LogP contribution in [-0.2, 0) is 4.74 Å². The summed E-state index contributed by atoms with van der Waals surface area (Å²) in [6, 6.07) is 0. The second-order valence-corrected chi connectivity index (χ2v) is 5.11. The molecule has 0 saturated heterocycles. The van der Waals surface area contributed by atoms with Gasteiger partial charge in [-0.2, -0.15) is 0 Å². The standard InChI is InChI=1S/C16H30N2OS/c1-4-7-9-10-12-19-13-15(17)16(18-20)14(6-3)11-8-5-2/h11,17,20H,4-10,12-13H2,1-3H3/b14-11+,17-15?,18-16-. The summed E-state index contributed by atoms with van der Waals surface area (Å²) in [6.07, 6.45) is 9.90. The minimum Gasteiger partial charge on any atom is -0.375 e. The molecule has 0 bridgehead atoms. The van der Waals surface area contributed by atoms with Crippen LogP contribution in [0.25, 0.3) is 0 Å². The third-order valence-electron chi connectivity index (χ3n) is 3.14. The molecule has 4 heteroatoms. The van der Waals surface area contributed by atoms with Crippen LogP contribution >= 0.6 is 12.8 Å². The van der Waals surface area contributed by atoms with Crippen molar-refractivity contribution < 1.29 is 4.74 Å². The predicted octanol–water partition coefficient (Wildman–Crippen LogP) is 5.03. The summed E-state index contributed by atoms with van der Waals surface area (Å²) in [5, 5.41) is 8.09. The van der Waals surface area contributed by atoms with Gasteiger partial charge < -0.3 is 10.1 Å². The lowest BCUT2D eigenvalue weighted by molar-refractivity contribution is 0.167. The first-order valence-electron chi connectivity index (χ1n) is 7.78. The maximum atomic E-state index is 8.09. The van der Waals surface area contributed by atoms with E-state index in [4.69, 9.17) is 10.1 Å². The Labute approximate surface area is 130 Å². The van der Waals surface area contributed by atoms with Crippen LogP contribution in [0.4, 0.5) is 0 Å². The molecule has 3 nitrogen and oxygen atoms in total. The Balaban J connectivity index is 4.21. The number of hydrogen-bond acceptors (Lipinski definition) is 4. The molecule has 20 heavy (non-hydrogen) atoms. The molecule has 0 fully saturated rings. The molecule has 0 saturated carbocycles. The molecule has 0 aromatic heterocycles. The van der Waals surface area contributed by atoms with E-state index in [2.05, 4.69) is 44.1 Å². The van der Waals surface area contributed by atoms with Crippen LogP contribution in [-0.4, -0.2) is 24.6 Å². The highest BCUT2D eigenvalue weighted by molar-refractivity contribution is 7.79. The van der Waals surface area contributed by atoms with Gasteiger partial charge in [-0.25, -0.2) is 4.40 Å². The Morgan fingerprint density at radius 3 is 2.45 bits per heavy atom. The third kappa shape index (κ3) is 8.54. The van der Waals surface area contributed by atoms with Gasteiger partial charge in [0, 0.05) is 6.61 Å². The largest absolute Gasteiger partial charge is 0.375 e. The van der Waals surface area contributed by atoms with Gasteiger partial charge in [0.25, 0.3) is 0 Å². The summed E-state index contributed by atoms with van der Waals surface area (Å²) >= 11 is 4.01. The summed E-state index contributed by atoms with van der Waals surface area (Å²) < 4.78 is 9.54. The van der Waals surface area contributed by atoms with Gasteiger partial charge in [0.15, 0.2) is 0 Å². The van der Waals surface area contributed by atoms with Gasteiger partial charge in [-0.15, -0.1) is 0 Å². The lowest BCUT2D eigenvalue weighted by Gasteiger charge is -2.10. The Morgan fingerprint density at radius 2 is 1.90 bits per heavy atom. The first-order chi connectivity index (χ1) is 9.71. The van der Waals surface area contributed by atoms with Gasteiger partial charge in [0.2, 0.25) is 0 Å². The van der Waals surface area contributed by atoms with Crippen molar-refractivity contribution in [1.29, 1.82) is 5.41 Å². The van der Waals surface area contributed by atoms with Crippen LogP contribution < -0.4 is 0 Å². The third-order valence-corrected chi connectivity index (χ3v) is 3.34. The van der Waals surface area contributed by atoms with Crippen molar-refractivity contribution in [1.82, 2.24) is 0 Å². The lowest BCUT2D eigenvalue weighted by atomic mass is 10.0. The van der Waals surface area contributed by atoms with Gasteiger partial charge in [0.05, 0.1) is 18.0 Å². The number of nitrogens with one attached hydrogen (secondary N) is 1. The fourth-order valence-corrected chi connectivity index (χ4v) is 2.17. The Bertz CT molecular complexity index is 324. The first-order valence-corrected chi connectivity index (χ1v) is 8.18. The normalized spacial score (nSPS) is 12.8. The number of nitrogens with zero attached hydrogens (tertiary/aromatic N) is 1. The average molecular weight is 298 g/mol. The molecule has 1 N–H and O–H groups in total. The molecule has 0 atom stereocenters. The average Bonchev–Trinajstić information content (AvgIpc) is 2.46. The van der Waals surface area contributed by atoms with Crippen molar-refractivity contribution in [3.8, 4) is 0 Å². The number of rotatable bonds is 12.